The van der Waals surface area contributed by atoms with Gasteiger partial charge in [-0.15, -0.1) is 18.3 Å². The standard InChI is InChI=1S/C53H61FN2O7S/c1-2-29-61-53-49(56(52(59)39-21-22-39)35-37-19-23-41(54)24-20-37)34-47(55-62-36-38-13-5-3-6-14-38)45-32-40(15-9-11-27-57)44(18-10-12-28-58)50(51(45)53)46-33-42(25-26-48(46)63-53)60-30-31-64-43-16-7-4-8-17-43/h2-8,13-14,16-17,19-20,23-26,32-33,39-40,44,49-51,57-58H,1,9-12,15,18,21-22,27-31,34-36H2. The number of benzene rings is 4. The van der Waals surface area contributed by atoms with E-state index in [9.17, 15) is 19.4 Å². The SMILES string of the molecule is C=CCOC12Oc3ccc(OCCSc4ccccc4)cc3C3C(CCCCO)C(CCCCO)C=C(C(=NOCc4ccccc4)CC1N(Cc1ccc(F)cc1)C(=O)C1CC1)C32. The lowest BCUT2D eigenvalue weighted by Crippen LogP contribution is -2.70. The number of rotatable bonds is 23. The third kappa shape index (κ3) is 10.6. The van der Waals surface area contributed by atoms with Gasteiger partial charge < -0.3 is 34.2 Å². The number of unbranched alkanes of at least 4 members (excludes halogenated alkanes) is 2. The van der Waals surface area contributed by atoms with Gasteiger partial charge in [0.15, 0.2) is 0 Å². The van der Waals surface area contributed by atoms with Crippen LogP contribution in [0.1, 0.15) is 80.4 Å². The van der Waals surface area contributed by atoms with Gasteiger partial charge in [-0.3, -0.25) is 4.79 Å². The van der Waals surface area contributed by atoms with E-state index in [2.05, 4.69) is 30.9 Å². The number of carbonyl (C=O) groups is 1. The lowest BCUT2D eigenvalue weighted by Gasteiger charge is -2.60. The van der Waals surface area contributed by atoms with E-state index in [0.29, 0.717) is 25.2 Å². The number of carbonyl (C=O) groups excluding carboxylic acids is 1. The molecule has 4 aromatic carbocycles. The van der Waals surface area contributed by atoms with Crippen LogP contribution in [0.15, 0.2) is 137 Å². The maximum absolute atomic E-state index is 14.8. The lowest BCUT2D eigenvalue weighted by molar-refractivity contribution is -0.258. The summed E-state index contributed by atoms with van der Waals surface area (Å²) in [5.41, 5.74) is 4.49. The van der Waals surface area contributed by atoms with E-state index in [1.54, 1.807) is 30.0 Å². The third-order valence-corrected chi connectivity index (χ3v) is 14.1. The molecule has 9 nitrogen and oxygen atoms in total. The highest BCUT2D eigenvalue weighted by molar-refractivity contribution is 7.99. The first-order valence-corrected chi connectivity index (χ1v) is 24.0. The fourth-order valence-electron chi connectivity index (χ4n) is 10.0. The molecule has 0 radical (unpaired) electrons. The molecule has 6 unspecified atom stereocenters. The molecule has 2 fully saturated rings. The van der Waals surface area contributed by atoms with Crippen LogP contribution in [0.2, 0.25) is 0 Å². The number of allylic oxidation sites excluding steroid dienone is 1. The van der Waals surface area contributed by atoms with Crippen molar-refractivity contribution in [2.45, 2.75) is 93.6 Å². The molecule has 2 N–H and O–H groups in total. The van der Waals surface area contributed by atoms with Crippen molar-refractivity contribution in [3.05, 3.63) is 150 Å². The molecule has 2 saturated carbocycles. The first-order valence-electron chi connectivity index (χ1n) is 23.0. The van der Waals surface area contributed by atoms with Gasteiger partial charge in [0.05, 0.1) is 24.8 Å². The second-order valence-corrected chi connectivity index (χ2v) is 18.6. The summed E-state index contributed by atoms with van der Waals surface area (Å²) in [6.07, 6.45) is 10.6. The third-order valence-electron chi connectivity index (χ3n) is 13.1. The summed E-state index contributed by atoms with van der Waals surface area (Å²) in [6.45, 7) is 5.44. The monoisotopic (exact) mass is 888 g/mol. The second-order valence-electron chi connectivity index (χ2n) is 17.4. The number of amides is 1. The molecule has 0 spiro atoms. The van der Waals surface area contributed by atoms with Gasteiger partial charge in [0, 0.05) is 54.2 Å². The topological polar surface area (TPSA) is 110 Å². The maximum atomic E-state index is 14.8. The van der Waals surface area contributed by atoms with Crippen LogP contribution in [0.25, 0.3) is 0 Å². The molecule has 0 saturated heterocycles. The van der Waals surface area contributed by atoms with Gasteiger partial charge >= 0.3 is 0 Å². The minimum Gasteiger partial charge on any atom is -0.493 e. The number of hydrogen-bond acceptors (Lipinski definition) is 9. The Balaban J connectivity index is 1.27. The molecule has 11 heteroatoms. The summed E-state index contributed by atoms with van der Waals surface area (Å²) < 4.78 is 35.4. The fourth-order valence-corrected chi connectivity index (χ4v) is 10.8. The largest absolute Gasteiger partial charge is 0.493 e. The Morgan fingerprint density at radius 2 is 1.66 bits per heavy atom. The molecular weight excluding hydrogens is 828 g/mol. The Hall–Kier alpha value is -4.94. The van der Waals surface area contributed by atoms with Gasteiger partial charge in [0.1, 0.15) is 30.0 Å². The Kier molecular flexibility index (Phi) is 15.6. The molecule has 1 heterocycles. The number of halogens is 1. The molecule has 0 bridgehead atoms. The van der Waals surface area contributed by atoms with Crippen molar-refractivity contribution in [1.82, 2.24) is 4.90 Å². The number of aliphatic hydroxyl groups is 2. The van der Waals surface area contributed by atoms with Gasteiger partial charge in [-0.05, 0) is 110 Å². The zero-order valence-corrected chi connectivity index (χ0v) is 37.4. The van der Waals surface area contributed by atoms with Crippen LogP contribution in [0.5, 0.6) is 11.5 Å². The van der Waals surface area contributed by atoms with Crippen molar-refractivity contribution in [2.75, 3.05) is 32.2 Å². The van der Waals surface area contributed by atoms with E-state index in [0.717, 1.165) is 78.0 Å². The highest BCUT2D eigenvalue weighted by Crippen LogP contribution is 2.62. The van der Waals surface area contributed by atoms with Gasteiger partial charge in [-0.25, -0.2) is 4.39 Å². The maximum Gasteiger partial charge on any atom is 0.239 e. The van der Waals surface area contributed by atoms with Crippen molar-refractivity contribution in [3.63, 3.8) is 0 Å². The average molecular weight is 889 g/mol. The molecule has 338 valence electrons. The molecule has 1 aliphatic heterocycles. The molecule has 4 aliphatic rings. The summed E-state index contributed by atoms with van der Waals surface area (Å²) in [5, 5.41) is 25.0. The molecule has 64 heavy (non-hydrogen) atoms. The van der Waals surface area contributed by atoms with Crippen LogP contribution in [0.4, 0.5) is 4.39 Å². The molecule has 3 aliphatic carbocycles. The molecule has 1 amide bonds. The quantitative estimate of drug-likeness (QED) is 0.0328. The second kappa shape index (κ2) is 21.8. The van der Waals surface area contributed by atoms with Crippen LogP contribution in [0.3, 0.4) is 0 Å². The predicted octanol–water partition coefficient (Wildman–Crippen LogP) is 10.3. The van der Waals surface area contributed by atoms with Crippen LogP contribution < -0.4 is 9.47 Å². The Bertz CT molecular complexity index is 2220. The van der Waals surface area contributed by atoms with Gasteiger partial charge in [-0.1, -0.05) is 90.8 Å². The van der Waals surface area contributed by atoms with Crippen molar-refractivity contribution < 1.29 is 38.4 Å². The molecule has 8 rings (SSSR count). The smallest absolute Gasteiger partial charge is 0.239 e. The number of ether oxygens (including phenoxy) is 3. The summed E-state index contributed by atoms with van der Waals surface area (Å²) >= 11 is 1.75. The molecule has 0 aromatic heterocycles. The van der Waals surface area contributed by atoms with E-state index < -0.39 is 17.7 Å². The Morgan fingerprint density at radius 1 is 0.922 bits per heavy atom. The number of nitrogens with zero attached hydrogens (tertiary/aromatic N) is 2. The van der Waals surface area contributed by atoms with Gasteiger partial charge in [0.2, 0.25) is 11.7 Å². The van der Waals surface area contributed by atoms with E-state index in [1.165, 1.54) is 17.0 Å². The van der Waals surface area contributed by atoms with E-state index in [-0.39, 0.29) is 74.8 Å². The van der Waals surface area contributed by atoms with E-state index >= 15 is 0 Å². The summed E-state index contributed by atoms with van der Waals surface area (Å²) in [5.74, 6) is -0.132. The zero-order chi connectivity index (χ0) is 44.3. The number of fused-ring (bicyclic) bond motifs is 2. The average Bonchev–Trinajstić information content (AvgIpc) is 4.18. The van der Waals surface area contributed by atoms with Gasteiger partial charge in [-0.2, -0.15) is 0 Å². The normalized spacial score (nSPS) is 23.9. The van der Waals surface area contributed by atoms with Crippen molar-refractivity contribution in [2.24, 2.45) is 28.8 Å². The highest BCUT2D eigenvalue weighted by atomic mass is 32.2. The highest BCUT2D eigenvalue weighted by Gasteiger charge is 2.66. The number of thioether (sulfide) groups is 1. The van der Waals surface area contributed by atoms with E-state index in [4.69, 9.17) is 24.2 Å². The summed E-state index contributed by atoms with van der Waals surface area (Å²) in [7, 11) is 0. The minimum absolute atomic E-state index is 0.00754. The lowest BCUT2D eigenvalue weighted by atomic mass is 9.55. The van der Waals surface area contributed by atoms with Crippen LogP contribution in [-0.2, 0) is 27.5 Å². The number of aliphatic hydroxyl groups excluding tert-OH is 2. The Morgan fingerprint density at radius 3 is 2.38 bits per heavy atom. The van der Waals surface area contributed by atoms with Crippen LogP contribution in [-0.4, -0.2) is 70.7 Å². The molecule has 6 atom stereocenters. The first-order chi connectivity index (χ1) is 31.4. The van der Waals surface area contributed by atoms with Crippen LogP contribution >= 0.6 is 11.8 Å². The minimum atomic E-state index is -1.39. The fraction of sp³-hybridized carbons (Fsp3) is 0.434. The number of oxime groups is 1. The van der Waals surface area contributed by atoms with Crippen LogP contribution in [0, 0.1) is 29.5 Å². The Labute approximate surface area is 381 Å². The molecule has 4 aromatic rings. The number of hydrogen-bond donors (Lipinski definition) is 2. The predicted molar refractivity (Wildman–Crippen MR) is 249 cm³/mol. The first kappa shape index (κ1) is 45.6. The van der Waals surface area contributed by atoms with Gasteiger partial charge in [0.25, 0.3) is 0 Å². The summed E-state index contributed by atoms with van der Waals surface area (Å²) in [4.78, 5) is 24.2. The van der Waals surface area contributed by atoms with Crippen molar-refractivity contribution >= 4 is 23.4 Å². The summed E-state index contributed by atoms with van der Waals surface area (Å²) in [6, 6.07) is 32.0. The zero-order valence-electron chi connectivity index (χ0n) is 36.6. The molecular formula is C53H61FN2O7S. The van der Waals surface area contributed by atoms with Crippen molar-refractivity contribution in [1.29, 1.82) is 0 Å². The van der Waals surface area contributed by atoms with Crippen molar-refractivity contribution in [3.8, 4) is 11.5 Å². The van der Waals surface area contributed by atoms with E-state index in [1.807, 2.05) is 65.6 Å².